The maximum Gasteiger partial charge on any atom is 0.194 e. The number of pyridine rings is 6. The summed E-state index contributed by atoms with van der Waals surface area (Å²) in [5, 5.41) is 83.4. The van der Waals surface area contributed by atoms with E-state index in [-0.39, 0.29) is 12.4 Å². The van der Waals surface area contributed by atoms with Crippen molar-refractivity contribution < 1.29 is 36.2 Å². The molecule has 0 unspecified atom stereocenters. The van der Waals surface area contributed by atoms with Gasteiger partial charge in [0.1, 0.15) is 143 Å². The highest BCUT2D eigenvalue weighted by atomic mass is 35.5. The number of hydrogen-bond acceptors (Lipinski definition) is 15. The van der Waals surface area contributed by atoms with Crippen LogP contribution in [0.25, 0.3) is 65.4 Å². The summed E-state index contributed by atoms with van der Waals surface area (Å²) in [6, 6.07) is 35.5. The Bertz CT molecular complexity index is 7640. The summed E-state index contributed by atoms with van der Waals surface area (Å²) in [6.07, 6.45) is 56.3. The van der Waals surface area contributed by atoms with E-state index in [0.717, 1.165) is 200 Å². The number of nitrogens with zero attached hydrogens (tertiary/aromatic N) is 24. The van der Waals surface area contributed by atoms with E-state index in [1.807, 2.05) is 156 Å². The molecule has 768 valence electrons. The Kier molecular flexibility index (Phi) is 33.0. The van der Waals surface area contributed by atoms with E-state index in [2.05, 4.69) is 192 Å². The average Bonchev–Trinajstić information content (AvgIpc) is 1.78. The quantitative estimate of drug-likeness (QED) is 0.0266. The van der Waals surface area contributed by atoms with E-state index >= 15 is 0 Å². The Morgan fingerprint density at radius 2 is 0.644 bits per heavy atom. The molecule has 6 aliphatic rings. The van der Waals surface area contributed by atoms with Crippen molar-refractivity contribution in [3.63, 3.8) is 0 Å². The molecule has 6 aliphatic heterocycles. The maximum absolute atomic E-state index is 14.9. The molecule has 0 saturated carbocycles. The van der Waals surface area contributed by atoms with E-state index in [1.165, 1.54) is 128 Å². The van der Waals surface area contributed by atoms with E-state index < -0.39 is 5.82 Å². The van der Waals surface area contributed by atoms with Gasteiger partial charge in [-0.1, -0.05) is 48.0 Å². The Hall–Kier alpha value is -14.6. The fourth-order valence-electron chi connectivity index (χ4n) is 20.2. The zero-order valence-electron chi connectivity index (χ0n) is 85.9. The molecule has 3 aromatic carbocycles. The molecular formula is C113H133ClF2N30S3+6. The number of thiazole rings is 2. The van der Waals surface area contributed by atoms with Gasteiger partial charge in [0, 0.05) is 219 Å². The number of piperidine rings is 5. The molecule has 6 fully saturated rings. The largest absolute Gasteiger partial charge is 0.357 e. The minimum atomic E-state index is -0.400. The van der Waals surface area contributed by atoms with Crippen LogP contribution >= 0.6 is 45.6 Å². The van der Waals surface area contributed by atoms with E-state index in [9.17, 15) is 8.78 Å². The van der Waals surface area contributed by atoms with Gasteiger partial charge < -0.3 is 38.5 Å². The van der Waals surface area contributed by atoms with Crippen LogP contribution in [0.5, 0.6) is 0 Å². The van der Waals surface area contributed by atoms with Gasteiger partial charge in [-0.05, 0) is 151 Å². The summed E-state index contributed by atoms with van der Waals surface area (Å²) in [5.74, 6) is 2.58. The first-order valence-corrected chi connectivity index (χ1v) is 54.9. The SMILES string of the molecule is C[n+]1ccc2ccn(Cc3cc(C(=N)N4CCCCC4)cs3)c2c1.C[n+]1ccc2ccn(Cc3nc(C(=N)N4CCCCC4)cs3)c2c1.C[n+]1ccc2cnn(Cc3c(F)cc(C(=N)N4CCCCC4)cc3Cl)c2c1.C[n+]1ccc2cnn(Cc3ccc(C(=N)N4CCCCC4)cc3)c2c1.C[n+]1ccc2cnn(Cc3ccc(C(=N)N4CCCCC4)cc3F)c2c1.C[n+]1ccc2cnn(Cc3nc(C(=N)N4CCCC4)cs3)c2c1. The molecule has 0 amide bonds. The molecule has 0 radical (unpaired) electrons. The Morgan fingerprint density at radius 3 is 1.06 bits per heavy atom. The fraction of sp³-hybridized carbons (Fsp3) is 0.363. The zero-order valence-corrected chi connectivity index (χ0v) is 89.1. The van der Waals surface area contributed by atoms with E-state index in [1.54, 1.807) is 63.2 Å². The molecule has 0 spiro atoms. The smallest absolute Gasteiger partial charge is 0.194 e. The first-order chi connectivity index (χ1) is 72.5. The molecule has 18 aromatic rings. The number of amidine groups is 6. The predicted octanol–water partition coefficient (Wildman–Crippen LogP) is 17.0. The minimum absolute atomic E-state index is 0.246. The monoisotopic (exact) mass is 2080 g/mol. The molecular weight excluding hydrogens is 1950 g/mol. The number of benzene rings is 3. The van der Waals surface area contributed by atoms with Crippen molar-refractivity contribution >= 4 is 146 Å². The van der Waals surface area contributed by atoms with Crippen LogP contribution in [0.3, 0.4) is 0 Å². The third-order valence-corrected chi connectivity index (χ3v) is 31.7. The Balaban J connectivity index is 0.000000112. The molecule has 0 aliphatic carbocycles. The van der Waals surface area contributed by atoms with Gasteiger partial charge in [-0.15, -0.1) is 34.0 Å². The summed E-state index contributed by atoms with van der Waals surface area (Å²) in [7, 11) is 12.0. The topological polar surface area (TPSA) is 293 Å². The van der Waals surface area contributed by atoms with Crippen molar-refractivity contribution in [2.75, 3.05) is 78.5 Å². The van der Waals surface area contributed by atoms with E-state index in [4.69, 9.17) is 49.0 Å². The molecule has 24 rings (SSSR count). The van der Waals surface area contributed by atoms with Crippen LogP contribution in [0.1, 0.15) is 174 Å². The van der Waals surface area contributed by atoms with Gasteiger partial charge in [0.2, 0.25) is 0 Å². The Morgan fingerprint density at radius 1 is 0.309 bits per heavy atom. The van der Waals surface area contributed by atoms with Crippen molar-refractivity contribution in [3.05, 3.63) is 319 Å². The van der Waals surface area contributed by atoms with Crippen molar-refractivity contribution in [1.29, 1.82) is 32.5 Å². The highest BCUT2D eigenvalue weighted by Crippen LogP contribution is 2.31. The minimum Gasteiger partial charge on any atom is -0.357 e. The van der Waals surface area contributed by atoms with Gasteiger partial charge in [0.25, 0.3) is 0 Å². The number of fused-ring (bicyclic) bond motifs is 6. The third-order valence-electron chi connectivity index (χ3n) is 28.8. The van der Waals surface area contributed by atoms with Crippen molar-refractivity contribution in [1.82, 2.24) is 87.6 Å². The van der Waals surface area contributed by atoms with Crippen LogP contribution in [0.2, 0.25) is 5.02 Å². The maximum atomic E-state index is 14.9. The predicted molar refractivity (Wildman–Crippen MR) is 586 cm³/mol. The second-order valence-electron chi connectivity index (χ2n) is 39.8. The summed E-state index contributed by atoms with van der Waals surface area (Å²) in [5.41, 5.74) is 13.6. The second-order valence-corrected chi connectivity index (χ2v) is 43.1. The third kappa shape index (κ3) is 25.2. The van der Waals surface area contributed by atoms with Crippen molar-refractivity contribution in [2.24, 2.45) is 42.3 Å². The summed E-state index contributed by atoms with van der Waals surface area (Å²) in [4.78, 5) is 23.4. The van der Waals surface area contributed by atoms with Gasteiger partial charge in [-0.3, -0.25) is 51.2 Å². The van der Waals surface area contributed by atoms with Gasteiger partial charge >= 0.3 is 0 Å². The number of thiophene rings is 1. The normalized spacial score (nSPS) is 14.9. The molecule has 21 heterocycles. The Labute approximate surface area is 884 Å². The lowest BCUT2D eigenvalue weighted by atomic mass is 10.1. The molecule has 30 nitrogen and oxygen atoms in total. The summed E-state index contributed by atoms with van der Waals surface area (Å²) < 4.78 is 53.7. The molecule has 0 atom stereocenters. The number of hydrogen-bond donors (Lipinski definition) is 6. The standard InChI is InChI=1S/C20H22ClFN5.C20H23FN5.C20H24N5.C19H23N4S.C18H22N5S.C16H19N6S/c1-25-8-5-14-11-24-27(19(14)13-25)12-16-17(21)9-15(10-18(16)22)20(23)26-6-3-2-4-7-26;1-24-10-7-16-12-23-26(19(16)14-24)13-17-6-5-15(11-18(17)21)20(22)25-8-3-2-4-9-25;1-23-12-9-18-13-22-25(19(18)15-23)14-16-5-7-17(8-6-16)20(21)24-10-3-2-4-11-24;1-21-9-5-15-6-10-23(18(15)13-21)12-17-11-16(14-24-17)19(20)22-7-3-2-4-8-22;1-21-9-5-14-6-10-23(16(14)11-21)12-17-20-15(13-24-17)18(19)22-7-3-2-4-8-22;1-20-7-4-12-8-18-22(14(12)9-20)10-15-19-13(11-23-15)16(17)21-5-2-3-6-21/h5,8-11,13,23H,2-4,6-7,12H2,1H3;5-7,10-12,14,22H,2-4,8-9,13H2,1H3;5-9,12-13,15,21H,2-4,10-11,14H2,1H3;5-6,9-11,13-14,20H,2-4,7-8,12H2,1H3;5-6,9-11,13,19H,2-4,7-8,12H2,1H3;4,7-9,11,17H,2-3,5-6,10H2,1H3/q6*+1. The number of aryl methyl sites for hydroxylation is 6. The number of aromatic nitrogens is 18. The zero-order chi connectivity index (χ0) is 103. The second kappa shape index (κ2) is 47.7. The van der Waals surface area contributed by atoms with Crippen molar-refractivity contribution in [2.45, 2.75) is 148 Å². The molecule has 0 bridgehead atoms. The summed E-state index contributed by atoms with van der Waals surface area (Å²) >= 11 is 11.4. The van der Waals surface area contributed by atoms with Gasteiger partial charge in [0.15, 0.2) is 74.4 Å². The van der Waals surface area contributed by atoms with Crippen molar-refractivity contribution in [3.8, 4) is 0 Å². The summed E-state index contributed by atoms with van der Waals surface area (Å²) in [6.45, 7) is 15.1. The number of rotatable bonds is 18. The number of halogens is 3. The lowest BCUT2D eigenvalue weighted by Crippen LogP contribution is -2.35. The van der Waals surface area contributed by atoms with Crippen LogP contribution in [-0.4, -0.2) is 201 Å². The molecule has 6 N–H and O–H groups in total. The fourth-order valence-corrected chi connectivity index (χ4v) is 22.9. The first-order valence-electron chi connectivity index (χ1n) is 51.9. The van der Waals surface area contributed by atoms with Gasteiger partial charge in [0.05, 0.1) is 64.1 Å². The first kappa shape index (κ1) is 103. The number of likely N-dealkylation sites (tertiary alicyclic amines) is 6. The van der Waals surface area contributed by atoms with Crippen LogP contribution in [-0.2, 0) is 81.6 Å². The average molecular weight is 2080 g/mol. The number of nitrogens with one attached hydrogen (secondary N) is 6. The molecule has 6 saturated heterocycles. The molecule has 149 heavy (non-hydrogen) atoms. The highest BCUT2D eigenvalue weighted by Gasteiger charge is 2.27. The van der Waals surface area contributed by atoms with Crippen LogP contribution in [0.15, 0.2) is 237 Å². The lowest BCUT2D eigenvalue weighted by molar-refractivity contribution is -0.670. The van der Waals surface area contributed by atoms with Crippen LogP contribution < -0.4 is 27.4 Å². The lowest BCUT2D eigenvalue weighted by Gasteiger charge is -2.29. The molecule has 15 aromatic heterocycles. The highest BCUT2D eigenvalue weighted by molar-refractivity contribution is 7.10. The van der Waals surface area contributed by atoms with Gasteiger partial charge in [-0.2, -0.15) is 20.4 Å². The van der Waals surface area contributed by atoms with E-state index in [0.29, 0.717) is 75.4 Å². The van der Waals surface area contributed by atoms with Crippen LogP contribution in [0.4, 0.5) is 8.78 Å². The molecule has 36 heteroatoms. The van der Waals surface area contributed by atoms with Crippen LogP contribution in [0, 0.1) is 44.1 Å². The van der Waals surface area contributed by atoms with Gasteiger partial charge in [-0.25, -0.2) is 46.2 Å².